The molecule has 0 aliphatic heterocycles. The van der Waals surface area contributed by atoms with Crippen LogP contribution in [0.1, 0.15) is 111 Å². The Labute approximate surface area is 206 Å². The summed E-state index contributed by atoms with van der Waals surface area (Å²) in [5.74, 6) is 3.69. The van der Waals surface area contributed by atoms with Gasteiger partial charge in [-0.25, -0.2) is 0 Å². The predicted molar refractivity (Wildman–Crippen MR) is 148 cm³/mol. The minimum absolute atomic E-state index is 0. The maximum absolute atomic E-state index is 5.48. The summed E-state index contributed by atoms with van der Waals surface area (Å²) in [6.45, 7) is 22.6. The predicted octanol–water partition coefficient (Wildman–Crippen LogP) is 10.2. The molecule has 1 aromatic rings. The van der Waals surface area contributed by atoms with Crippen LogP contribution in [0.2, 0.25) is 0 Å². The van der Waals surface area contributed by atoms with Crippen LogP contribution in [0.4, 0.5) is 0 Å². The van der Waals surface area contributed by atoms with Gasteiger partial charge in [-0.15, -0.1) is 0 Å². The zero-order valence-corrected chi connectivity index (χ0v) is 22.0. The van der Waals surface area contributed by atoms with E-state index in [0.717, 1.165) is 36.5 Å². The van der Waals surface area contributed by atoms with E-state index in [9.17, 15) is 0 Å². The second-order valence-electron chi connectivity index (χ2n) is 11.5. The average Bonchev–Trinajstić information content (AvgIpc) is 2.73. The summed E-state index contributed by atoms with van der Waals surface area (Å²) < 4.78 is 5.48. The number of allylic oxidation sites excluding steroid dienone is 3. The van der Waals surface area contributed by atoms with Crippen LogP contribution in [0.15, 0.2) is 54.6 Å². The van der Waals surface area contributed by atoms with Crippen molar-refractivity contribution >= 4 is 5.76 Å². The van der Waals surface area contributed by atoms with E-state index in [2.05, 4.69) is 72.0 Å². The quantitative estimate of drug-likeness (QED) is 0.253. The largest absolute Gasteiger partial charge is 0.496 e. The highest BCUT2D eigenvalue weighted by Crippen LogP contribution is 2.46. The molecule has 1 aromatic carbocycles. The van der Waals surface area contributed by atoms with Crippen LogP contribution in [-0.4, -0.2) is 7.11 Å². The van der Waals surface area contributed by atoms with E-state index in [0.29, 0.717) is 23.2 Å². The molecule has 0 spiro atoms. The zero-order valence-electron chi connectivity index (χ0n) is 22.0. The van der Waals surface area contributed by atoms with Gasteiger partial charge in [-0.05, 0) is 92.6 Å². The van der Waals surface area contributed by atoms with Gasteiger partial charge in [0.25, 0.3) is 0 Å². The van der Waals surface area contributed by atoms with Crippen molar-refractivity contribution in [3.8, 4) is 0 Å². The summed E-state index contributed by atoms with van der Waals surface area (Å²) in [6, 6.07) is 9.06. The molecular weight excluding hydrogens is 400 g/mol. The van der Waals surface area contributed by atoms with Gasteiger partial charge in [0.1, 0.15) is 5.76 Å². The first kappa shape index (κ1) is 29.3. The fourth-order valence-corrected chi connectivity index (χ4v) is 5.66. The molecule has 1 fully saturated rings. The van der Waals surface area contributed by atoms with Crippen molar-refractivity contribution in [3.05, 3.63) is 65.8 Å². The molecule has 0 bridgehead atoms. The third-order valence-electron chi connectivity index (χ3n) is 7.24. The molecule has 0 saturated heterocycles. The molecule has 2 rings (SSSR count). The first-order valence-corrected chi connectivity index (χ1v) is 12.7. The Hall–Kier alpha value is -1.76. The van der Waals surface area contributed by atoms with E-state index in [-0.39, 0.29) is 7.43 Å². The summed E-state index contributed by atoms with van der Waals surface area (Å²) >= 11 is 0. The van der Waals surface area contributed by atoms with Gasteiger partial charge in [-0.2, -0.15) is 0 Å². The third kappa shape index (κ3) is 8.84. The Kier molecular flexibility index (Phi) is 11.7. The average molecular weight is 453 g/mol. The Balaban J connectivity index is 0.00000544. The monoisotopic (exact) mass is 452 g/mol. The zero-order chi connectivity index (χ0) is 23.9. The van der Waals surface area contributed by atoms with Crippen molar-refractivity contribution in [2.75, 3.05) is 7.11 Å². The Bertz CT molecular complexity index is 772. The molecule has 3 unspecified atom stereocenters. The minimum atomic E-state index is 0. The van der Waals surface area contributed by atoms with E-state index < -0.39 is 0 Å². The molecule has 1 aliphatic carbocycles. The van der Waals surface area contributed by atoms with Crippen LogP contribution in [-0.2, 0) is 4.74 Å². The lowest BCUT2D eigenvalue weighted by atomic mass is 9.65. The Morgan fingerprint density at radius 1 is 1.09 bits per heavy atom. The first-order chi connectivity index (χ1) is 15.1. The molecule has 186 valence electrons. The summed E-state index contributed by atoms with van der Waals surface area (Å²) in [7, 11) is 1.74. The SMILES string of the molecule is C.C=C(CCCC(=C)C1CCC(c2ccc(/C(=C/C)OC)cc2)CC1C(C)C)CC(C)(C)C. The smallest absolute Gasteiger partial charge is 0.121 e. The van der Waals surface area contributed by atoms with Gasteiger partial charge in [0, 0.05) is 5.56 Å². The number of hydrogen-bond acceptors (Lipinski definition) is 1. The summed E-state index contributed by atoms with van der Waals surface area (Å²) in [6.07, 6.45) is 10.5. The molecule has 0 aromatic heterocycles. The highest BCUT2D eigenvalue weighted by Gasteiger charge is 2.34. The lowest BCUT2D eigenvalue weighted by molar-refractivity contribution is 0.186. The van der Waals surface area contributed by atoms with Gasteiger partial charge in [0.2, 0.25) is 0 Å². The van der Waals surface area contributed by atoms with Gasteiger partial charge < -0.3 is 4.74 Å². The molecule has 33 heavy (non-hydrogen) atoms. The summed E-state index contributed by atoms with van der Waals surface area (Å²) in [5, 5.41) is 0. The van der Waals surface area contributed by atoms with Crippen LogP contribution in [0.25, 0.3) is 5.76 Å². The maximum atomic E-state index is 5.48. The molecule has 1 nitrogen and oxygen atoms in total. The van der Waals surface area contributed by atoms with Crippen LogP contribution < -0.4 is 0 Å². The number of hydrogen-bond donors (Lipinski definition) is 0. The van der Waals surface area contributed by atoms with Crippen molar-refractivity contribution in [3.63, 3.8) is 0 Å². The topological polar surface area (TPSA) is 9.23 Å². The number of methoxy groups -OCH3 is 1. The van der Waals surface area contributed by atoms with E-state index in [1.807, 2.05) is 13.0 Å². The highest BCUT2D eigenvalue weighted by molar-refractivity contribution is 5.59. The van der Waals surface area contributed by atoms with Gasteiger partial charge in [0.15, 0.2) is 0 Å². The molecule has 0 radical (unpaired) electrons. The van der Waals surface area contributed by atoms with Crippen LogP contribution >= 0.6 is 0 Å². The number of benzene rings is 1. The first-order valence-electron chi connectivity index (χ1n) is 12.7. The minimum Gasteiger partial charge on any atom is -0.496 e. The van der Waals surface area contributed by atoms with Crippen molar-refractivity contribution in [2.45, 2.75) is 99.8 Å². The molecule has 0 N–H and O–H groups in total. The molecule has 1 saturated carbocycles. The fraction of sp³-hybridized carbons (Fsp3) is 0.625. The van der Waals surface area contributed by atoms with Crippen molar-refractivity contribution in [2.24, 2.45) is 23.2 Å². The standard InChI is InChI=1S/C31H48O.CH4/c1-10-30(32-9)26-16-14-25(15-17-26)27-18-19-28(29(20-27)22(2)3)24(5)13-11-12-23(4)21-31(6,7)8;/h10,14-17,22,27-29H,4-5,11-13,18-21H2,1-3,6-9H3;1H4/b30-10-;. The van der Waals surface area contributed by atoms with Gasteiger partial charge in [0.05, 0.1) is 7.11 Å². The second kappa shape index (κ2) is 13.2. The third-order valence-corrected chi connectivity index (χ3v) is 7.24. The van der Waals surface area contributed by atoms with Gasteiger partial charge in [-0.3, -0.25) is 0 Å². The molecule has 3 atom stereocenters. The van der Waals surface area contributed by atoms with Crippen LogP contribution in [0, 0.1) is 23.2 Å². The van der Waals surface area contributed by atoms with E-state index in [1.165, 1.54) is 42.4 Å². The summed E-state index contributed by atoms with van der Waals surface area (Å²) in [4.78, 5) is 0. The molecular formula is C32H52O. The highest BCUT2D eigenvalue weighted by atomic mass is 16.5. The van der Waals surface area contributed by atoms with Crippen molar-refractivity contribution in [1.29, 1.82) is 0 Å². The summed E-state index contributed by atoms with van der Waals surface area (Å²) in [5.41, 5.74) is 5.86. The number of rotatable bonds is 10. The second-order valence-corrected chi connectivity index (χ2v) is 11.5. The lowest BCUT2D eigenvalue weighted by Gasteiger charge is -2.40. The van der Waals surface area contributed by atoms with Gasteiger partial charge in [-0.1, -0.05) is 90.6 Å². The molecule has 0 amide bonds. The van der Waals surface area contributed by atoms with E-state index in [4.69, 9.17) is 4.74 Å². The van der Waals surface area contributed by atoms with E-state index >= 15 is 0 Å². The molecule has 1 heteroatoms. The number of ether oxygens (including phenoxy) is 1. The normalized spacial score (nSPS) is 21.5. The van der Waals surface area contributed by atoms with Crippen LogP contribution in [0.3, 0.4) is 0 Å². The lowest BCUT2D eigenvalue weighted by Crippen LogP contribution is -2.29. The molecule has 0 heterocycles. The van der Waals surface area contributed by atoms with Gasteiger partial charge >= 0.3 is 0 Å². The Morgan fingerprint density at radius 3 is 2.24 bits per heavy atom. The fourth-order valence-electron chi connectivity index (χ4n) is 5.66. The molecule has 1 aliphatic rings. The maximum Gasteiger partial charge on any atom is 0.121 e. The van der Waals surface area contributed by atoms with E-state index in [1.54, 1.807) is 7.11 Å². The van der Waals surface area contributed by atoms with Crippen molar-refractivity contribution < 1.29 is 4.74 Å². The van der Waals surface area contributed by atoms with Crippen molar-refractivity contribution in [1.82, 2.24) is 0 Å². The van der Waals surface area contributed by atoms with Crippen LogP contribution in [0.5, 0.6) is 0 Å². The Morgan fingerprint density at radius 2 is 1.73 bits per heavy atom.